The molecule has 0 heterocycles. The normalized spacial score (nSPS) is 12.1. The zero-order chi connectivity index (χ0) is 8.53. The molecule has 0 fully saturated rings. The topological polar surface area (TPSA) is 0 Å². The first-order valence-corrected chi connectivity index (χ1v) is 7.26. The Morgan fingerprint density at radius 1 is 1.18 bits per heavy atom. The quantitative estimate of drug-likeness (QED) is 0.598. The first kappa shape index (κ1) is 11.3. The van der Waals surface area contributed by atoms with E-state index in [1.807, 2.05) is 0 Å². The zero-order valence-electron chi connectivity index (χ0n) is 8.02. The molecule has 0 saturated heterocycles. The van der Waals surface area contributed by atoms with Crippen LogP contribution in [-0.4, -0.2) is 15.0 Å². The Hall–Kier alpha value is 0.259. The SMILES string of the molecule is CCCCC(=C[Se]C)CCC. The average Bonchev–Trinajstić information content (AvgIpc) is 2.01. The van der Waals surface area contributed by atoms with Gasteiger partial charge in [-0.2, -0.15) is 0 Å². The van der Waals surface area contributed by atoms with Gasteiger partial charge in [-0.15, -0.1) is 0 Å². The summed E-state index contributed by atoms with van der Waals surface area (Å²) in [4.78, 5) is 2.46. The van der Waals surface area contributed by atoms with Gasteiger partial charge in [-0.25, -0.2) is 0 Å². The Morgan fingerprint density at radius 2 is 1.91 bits per heavy atom. The van der Waals surface area contributed by atoms with Gasteiger partial charge in [0.1, 0.15) is 0 Å². The molecule has 0 radical (unpaired) electrons. The average molecular weight is 219 g/mol. The first-order valence-electron chi connectivity index (χ1n) is 4.55. The van der Waals surface area contributed by atoms with Crippen molar-refractivity contribution in [2.45, 2.75) is 51.8 Å². The van der Waals surface area contributed by atoms with Crippen molar-refractivity contribution in [3.63, 3.8) is 0 Å². The van der Waals surface area contributed by atoms with E-state index >= 15 is 0 Å². The summed E-state index contributed by atoms with van der Waals surface area (Å²) in [5.41, 5.74) is 1.71. The van der Waals surface area contributed by atoms with Crippen molar-refractivity contribution >= 4 is 15.0 Å². The number of unbranched alkanes of at least 4 members (excludes halogenated alkanes) is 1. The molecule has 0 aliphatic rings. The fourth-order valence-corrected chi connectivity index (χ4v) is 2.33. The van der Waals surface area contributed by atoms with E-state index in [0.29, 0.717) is 0 Å². The second-order valence-electron chi connectivity index (χ2n) is 2.87. The van der Waals surface area contributed by atoms with E-state index in [4.69, 9.17) is 0 Å². The molecule has 11 heavy (non-hydrogen) atoms. The summed E-state index contributed by atoms with van der Waals surface area (Å²) in [5, 5.41) is 0. The number of hydrogen-bond acceptors (Lipinski definition) is 0. The van der Waals surface area contributed by atoms with Crippen LogP contribution in [0.5, 0.6) is 0 Å². The van der Waals surface area contributed by atoms with Crippen molar-refractivity contribution in [3.8, 4) is 0 Å². The Labute approximate surface area is 77.6 Å². The summed E-state index contributed by atoms with van der Waals surface area (Å²) in [6.07, 6.45) is 6.70. The molecule has 1 heteroatoms. The Morgan fingerprint density at radius 3 is 2.36 bits per heavy atom. The van der Waals surface area contributed by atoms with Crippen molar-refractivity contribution in [2.75, 3.05) is 0 Å². The molecule has 66 valence electrons. The number of allylic oxidation sites excluding steroid dienone is 1. The van der Waals surface area contributed by atoms with Crippen LogP contribution in [0.15, 0.2) is 10.5 Å². The van der Waals surface area contributed by atoms with Crippen molar-refractivity contribution < 1.29 is 0 Å². The second-order valence-corrected chi connectivity index (χ2v) is 4.35. The van der Waals surface area contributed by atoms with E-state index in [0.717, 1.165) is 15.0 Å². The van der Waals surface area contributed by atoms with Gasteiger partial charge in [0.25, 0.3) is 0 Å². The van der Waals surface area contributed by atoms with E-state index in [-0.39, 0.29) is 0 Å². The molecule has 0 saturated carbocycles. The molecule has 0 aromatic rings. The van der Waals surface area contributed by atoms with Gasteiger partial charge in [0.15, 0.2) is 0 Å². The van der Waals surface area contributed by atoms with Crippen LogP contribution in [0.1, 0.15) is 46.0 Å². The van der Waals surface area contributed by atoms with E-state index in [1.54, 1.807) is 5.57 Å². The maximum atomic E-state index is 2.46. The van der Waals surface area contributed by atoms with Gasteiger partial charge in [0, 0.05) is 0 Å². The van der Waals surface area contributed by atoms with Gasteiger partial charge in [-0.1, -0.05) is 0 Å². The molecule has 0 unspecified atom stereocenters. The Balaban J connectivity index is 3.60. The molecule has 0 atom stereocenters. The Kier molecular flexibility index (Phi) is 8.55. The molecule has 0 aromatic carbocycles. The van der Waals surface area contributed by atoms with Gasteiger partial charge >= 0.3 is 77.3 Å². The monoisotopic (exact) mass is 220 g/mol. The number of rotatable bonds is 6. The molecule has 0 aromatic heterocycles. The van der Waals surface area contributed by atoms with Crippen LogP contribution in [0.25, 0.3) is 0 Å². The molecule has 0 N–H and O–H groups in total. The van der Waals surface area contributed by atoms with Crippen molar-refractivity contribution in [1.82, 2.24) is 0 Å². The fraction of sp³-hybridized carbons (Fsp3) is 0.800. The summed E-state index contributed by atoms with van der Waals surface area (Å²) in [6.45, 7) is 4.53. The van der Waals surface area contributed by atoms with Crippen molar-refractivity contribution in [3.05, 3.63) is 10.5 Å². The van der Waals surface area contributed by atoms with E-state index < -0.39 is 0 Å². The third-order valence-electron chi connectivity index (χ3n) is 1.71. The molecule has 0 spiro atoms. The number of hydrogen-bond donors (Lipinski definition) is 0. The van der Waals surface area contributed by atoms with Gasteiger partial charge in [-0.3, -0.25) is 0 Å². The Bertz CT molecular complexity index is 105. The predicted molar refractivity (Wildman–Crippen MR) is 54.1 cm³/mol. The zero-order valence-corrected chi connectivity index (χ0v) is 9.73. The molecular formula is C10H20Se. The summed E-state index contributed by atoms with van der Waals surface area (Å²) < 4.78 is 0. The molecule has 0 amide bonds. The minimum atomic E-state index is 0.734. The first-order chi connectivity index (χ1) is 5.35. The van der Waals surface area contributed by atoms with E-state index in [9.17, 15) is 0 Å². The van der Waals surface area contributed by atoms with Gasteiger partial charge < -0.3 is 0 Å². The van der Waals surface area contributed by atoms with Crippen molar-refractivity contribution in [1.29, 1.82) is 0 Å². The third kappa shape index (κ3) is 6.65. The van der Waals surface area contributed by atoms with Crippen LogP contribution in [0, 0.1) is 0 Å². The summed E-state index contributed by atoms with van der Waals surface area (Å²) in [5.74, 6) is 2.29. The molecule has 0 nitrogen and oxygen atoms in total. The van der Waals surface area contributed by atoms with Crippen LogP contribution in [0.2, 0.25) is 5.82 Å². The molecule has 0 rings (SSSR count). The second kappa shape index (κ2) is 8.36. The van der Waals surface area contributed by atoms with Gasteiger partial charge in [0.05, 0.1) is 0 Å². The molecule has 0 aliphatic carbocycles. The van der Waals surface area contributed by atoms with Crippen LogP contribution in [0.3, 0.4) is 0 Å². The van der Waals surface area contributed by atoms with Crippen LogP contribution < -0.4 is 0 Å². The third-order valence-corrected chi connectivity index (χ3v) is 2.90. The van der Waals surface area contributed by atoms with Crippen LogP contribution >= 0.6 is 0 Å². The fourth-order valence-electron chi connectivity index (χ4n) is 1.13. The van der Waals surface area contributed by atoms with Gasteiger partial charge in [0.2, 0.25) is 0 Å². The van der Waals surface area contributed by atoms with E-state index in [1.165, 1.54) is 32.1 Å². The molecule has 0 bridgehead atoms. The summed E-state index contributed by atoms with van der Waals surface area (Å²) in [7, 11) is 0. The van der Waals surface area contributed by atoms with Crippen molar-refractivity contribution in [2.24, 2.45) is 0 Å². The van der Waals surface area contributed by atoms with E-state index in [2.05, 4.69) is 24.6 Å². The van der Waals surface area contributed by atoms with Crippen LogP contribution in [0.4, 0.5) is 0 Å². The van der Waals surface area contributed by atoms with Gasteiger partial charge in [-0.05, 0) is 0 Å². The summed E-state index contributed by atoms with van der Waals surface area (Å²) >= 11 is 0.734. The maximum absolute atomic E-state index is 2.46. The minimum absolute atomic E-state index is 0.734. The predicted octanol–water partition coefficient (Wildman–Crippen LogP) is 3.61. The molecular weight excluding hydrogens is 199 g/mol. The van der Waals surface area contributed by atoms with Crippen LogP contribution in [-0.2, 0) is 0 Å². The molecule has 0 aliphatic heterocycles. The summed E-state index contributed by atoms with van der Waals surface area (Å²) in [6, 6.07) is 0. The standard InChI is InChI=1S/C10H20Se/c1-4-6-8-10(7-5-2)9-11-3/h9H,4-8H2,1-3H3.